The maximum atomic E-state index is 12.2. The average molecular weight is 314 g/mol. The number of carbonyl (C=O) groups is 1. The van der Waals surface area contributed by atoms with E-state index in [9.17, 15) is 9.90 Å². The molecule has 0 spiro atoms. The predicted molar refractivity (Wildman–Crippen MR) is 85.4 cm³/mol. The molecule has 0 aliphatic carbocycles. The Bertz CT molecular complexity index is 766. The van der Waals surface area contributed by atoms with Crippen LogP contribution in [-0.4, -0.2) is 32.6 Å². The van der Waals surface area contributed by atoms with E-state index in [2.05, 4.69) is 15.6 Å². The molecular formula is C16H18N4O3. The van der Waals surface area contributed by atoms with Gasteiger partial charge in [0.15, 0.2) is 0 Å². The van der Waals surface area contributed by atoms with E-state index in [4.69, 9.17) is 4.84 Å². The standard InChI is InChI=1S/C16H18N4O3/c1-3-20-9-13(10(2)18-20)14-8-15(23-19-14)16(22)17-11-5-4-6-12(21)7-11/h4-7,9,15,21H,3,8H2,1-2H3,(H,17,22)/t15-/m0/s1. The Morgan fingerprint density at radius 2 is 2.35 bits per heavy atom. The van der Waals surface area contributed by atoms with Gasteiger partial charge in [0.25, 0.3) is 5.91 Å². The van der Waals surface area contributed by atoms with Gasteiger partial charge in [0.2, 0.25) is 6.10 Å². The van der Waals surface area contributed by atoms with Crippen molar-refractivity contribution in [2.45, 2.75) is 32.9 Å². The molecule has 0 fully saturated rings. The Balaban J connectivity index is 1.66. The van der Waals surface area contributed by atoms with E-state index >= 15 is 0 Å². The number of oxime groups is 1. The fraction of sp³-hybridized carbons (Fsp3) is 0.312. The summed E-state index contributed by atoms with van der Waals surface area (Å²) < 4.78 is 1.83. The highest BCUT2D eigenvalue weighted by Crippen LogP contribution is 2.21. The molecule has 0 unspecified atom stereocenters. The van der Waals surface area contributed by atoms with Crippen molar-refractivity contribution < 1.29 is 14.7 Å². The minimum absolute atomic E-state index is 0.0923. The fourth-order valence-corrected chi connectivity index (χ4v) is 2.45. The van der Waals surface area contributed by atoms with Gasteiger partial charge < -0.3 is 15.3 Å². The van der Waals surface area contributed by atoms with Crippen LogP contribution in [0.2, 0.25) is 0 Å². The van der Waals surface area contributed by atoms with Gasteiger partial charge in [-0.15, -0.1) is 0 Å². The highest BCUT2D eigenvalue weighted by molar-refractivity contribution is 6.06. The minimum Gasteiger partial charge on any atom is -0.508 e. The molecule has 7 heteroatoms. The summed E-state index contributed by atoms with van der Waals surface area (Å²) in [4.78, 5) is 17.5. The predicted octanol–water partition coefficient (Wildman–Crippen LogP) is 2.05. The number of hydrogen-bond acceptors (Lipinski definition) is 5. The average Bonchev–Trinajstić information content (AvgIpc) is 3.13. The van der Waals surface area contributed by atoms with Crippen LogP contribution in [0.15, 0.2) is 35.6 Å². The third-order valence-electron chi connectivity index (χ3n) is 3.66. The molecule has 0 bridgehead atoms. The lowest BCUT2D eigenvalue weighted by molar-refractivity contribution is -0.125. The zero-order valence-electron chi connectivity index (χ0n) is 13.0. The summed E-state index contributed by atoms with van der Waals surface area (Å²) in [6.45, 7) is 4.69. The Hall–Kier alpha value is -2.83. The van der Waals surface area contributed by atoms with Crippen LogP contribution >= 0.6 is 0 Å². The third kappa shape index (κ3) is 3.18. The molecule has 0 saturated carbocycles. The number of phenolic OH excluding ortho intramolecular Hbond substituents is 1. The lowest BCUT2D eigenvalue weighted by atomic mass is 10.1. The summed E-state index contributed by atoms with van der Waals surface area (Å²) in [5, 5.41) is 20.5. The van der Waals surface area contributed by atoms with Gasteiger partial charge in [0.1, 0.15) is 5.75 Å². The van der Waals surface area contributed by atoms with Gasteiger partial charge in [0.05, 0.1) is 11.4 Å². The molecule has 1 amide bonds. The first-order chi connectivity index (χ1) is 11.1. The highest BCUT2D eigenvalue weighted by Gasteiger charge is 2.30. The molecule has 1 aromatic heterocycles. The maximum Gasteiger partial charge on any atom is 0.268 e. The topological polar surface area (TPSA) is 88.7 Å². The highest BCUT2D eigenvalue weighted by atomic mass is 16.6. The number of benzene rings is 1. The number of nitrogens with one attached hydrogen (secondary N) is 1. The van der Waals surface area contributed by atoms with Gasteiger partial charge in [-0.25, -0.2) is 0 Å². The molecule has 1 atom stereocenters. The van der Waals surface area contributed by atoms with Crippen molar-refractivity contribution in [2.24, 2.45) is 5.16 Å². The summed E-state index contributed by atoms with van der Waals surface area (Å²) in [6.07, 6.45) is 1.62. The van der Waals surface area contributed by atoms with Gasteiger partial charge in [-0.05, 0) is 26.0 Å². The first kappa shape index (κ1) is 15.1. The molecule has 7 nitrogen and oxygen atoms in total. The van der Waals surface area contributed by atoms with Gasteiger partial charge in [-0.3, -0.25) is 9.48 Å². The summed E-state index contributed by atoms with van der Waals surface area (Å²) >= 11 is 0. The van der Waals surface area contributed by atoms with Crippen LogP contribution < -0.4 is 5.32 Å². The Kier molecular flexibility index (Phi) is 4.01. The molecule has 120 valence electrons. The fourth-order valence-electron chi connectivity index (χ4n) is 2.45. The third-order valence-corrected chi connectivity index (χ3v) is 3.66. The van der Waals surface area contributed by atoms with Gasteiger partial charge in [0, 0.05) is 36.5 Å². The molecule has 2 aromatic rings. The number of carbonyl (C=O) groups excluding carboxylic acids is 1. The van der Waals surface area contributed by atoms with Gasteiger partial charge >= 0.3 is 0 Å². The van der Waals surface area contributed by atoms with Crippen LogP contribution in [0.4, 0.5) is 5.69 Å². The number of amides is 1. The number of nitrogens with zero attached hydrogens (tertiary/aromatic N) is 3. The molecule has 0 radical (unpaired) electrons. The summed E-state index contributed by atoms with van der Waals surface area (Å²) in [5.74, 6) is -0.204. The monoisotopic (exact) mass is 314 g/mol. The molecule has 23 heavy (non-hydrogen) atoms. The molecular weight excluding hydrogens is 296 g/mol. The van der Waals surface area contributed by atoms with Crippen LogP contribution in [0.5, 0.6) is 5.75 Å². The van der Waals surface area contributed by atoms with Crippen LogP contribution in [0, 0.1) is 6.92 Å². The van der Waals surface area contributed by atoms with Crippen LogP contribution in [0.3, 0.4) is 0 Å². The van der Waals surface area contributed by atoms with Gasteiger partial charge in [-0.2, -0.15) is 5.10 Å². The summed E-state index contributed by atoms with van der Waals surface area (Å²) in [5.41, 5.74) is 3.00. The summed E-state index contributed by atoms with van der Waals surface area (Å²) in [7, 11) is 0. The molecule has 1 aliphatic heterocycles. The van der Waals surface area contributed by atoms with Crippen molar-refractivity contribution in [1.82, 2.24) is 9.78 Å². The molecule has 1 aromatic carbocycles. The number of phenols is 1. The quantitative estimate of drug-likeness (QED) is 0.904. The van der Waals surface area contributed by atoms with E-state index in [1.807, 2.05) is 24.7 Å². The normalized spacial score (nSPS) is 16.8. The second-order valence-corrected chi connectivity index (χ2v) is 5.36. The number of hydrogen-bond donors (Lipinski definition) is 2. The lowest BCUT2D eigenvalue weighted by Crippen LogP contribution is -2.28. The van der Waals surface area contributed by atoms with Crippen molar-refractivity contribution in [2.75, 3.05) is 5.32 Å². The zero-order valence-corrected chi connectivity index (χ0v) is 13.0. The Labute approximate surface area is 133 Å². The van der Waals surface area contributed by atoms with E-state index in [1.165, 1.54) is 12.1 Å². The summed E-state index contributed by atoms with van der Waals surface area (Å²) in [6, 6.07) is 6.37. The van der Waals surface area contributed by atoms with E-state index in [0.717, 1.165) is 23.5 Å². The number of aromatic hydroxyl groups is 1. The van der Waals surface area contributed by atoms with E-state index in [0.29, 0.717) is 12.1 Å². The van der Waals surface area contributed by atoms with Crippen molar-refractivity contribution in [3.8, 4) is 5.75 Å². The minimum atomic E-state index is -0.684. The Morgan fingerprint density at radius 1 is 1.52 bits per heavy atom. The number of aromatic nitrogens is 2. The first-order valence-electron chi connectivity index (χ1n) is 7.44. The number of anilines is 1. The maximum absolute atomic E-state index is 12.2. The zero-order chi connectivity index (χ0) is 16.4. The number of rotatable bonds is 4. The molecule has 0 saturated heterocycles. The largest absolute Gasteiger partial charge is 0.508 e. The van der Waals surface area contributed by atoms with Gasteiger partial charge in [-0.1, -0.05) is 11.2 Å². The van der Waals surface area contributed by atoms with Crippen molar-refractivity contribution >= 4 is 17.3 Å². The molecule has 2 heterocycles. The molecule has 3 rings (SSSR count). The van der Waals surface area contributed by atoms with Crippen LogP contribution in [-0.2, 0) is 16.2 Å². The van der Waals surface area contributed by atoms with Crippen LogP contribution in [0.1, 0.15) is 24.6 Å². The van der Waals surface area contributed by atoms with E-state index < -0.39 is 6.10 Å². The second kappa shape index (κ2) is 6.12. The van der Waals surface area contributed by atoms with Crippen molar-refractivity contribution in [3.63, 3.8) is 0 Å². The van der Waals surface area contributed by atoms with E-state index in [-0.39, 0.29) is 11.7 Å². The molecule has 2 N–H and O–H groups in total. The SMILES string of the molecule is CCn1cc(C2=NO[C@H](C(=O)Nc3cccc(O)c3)C2)c(C)n1. The van der Waals surface area contributed by atoms with Crippen molar-refractivity contribution in [3.05, 3.63) is 41.7 Å². The first-order valence-corrected chi connectivity index (χ1v) is 7.44. The Morgan fingerprint density at radius 3 is 3.04 bits per heavy atom. The molecule has 1 aliphatic rings. The lowest BCUT2D eigenvalue weighted by Gasteiger charge is -2.09. The van der Waals surface area contributed by atoms with Crippen molar-refractivity contribution in [1.29, 1.82) is 0 Å². The smallest absolute Gasteiger partial charge is 0.268 e. The van der Waals surface area contributed by atoms with E-state index in [1.54, 1.807) is 12.1 Å². The number of aryl methyl sites for hydroxylation is 2. The second-order valence-electron chi connectivity index (χ2n) is 5.36. The van der Waals surface area contributed by atoms with Crippen LogP contribution in [0.25, 0.3) is 0 Å².